The standard InChI is InChI=1S/C26H19ClF2N6O3S/c1-34(2)22-19(25(37)35(26-21(22)32-12-39-26)15-6-3-13(28)4-7-15)24(36)33-14-5-8-17(16(29)11-14)38-18-9-10-31-23(30)20(18)27/h3-12H,1-2H3,(H2,30,31)(H,33,36). The van der Waals surface area contributed by atoms with E-state index in [0.29, 0.717) is 16.0 Å². The third-order valence-electron chi connectivity index (χ3n) is 5.68. The Hall–Kier alpha value is -4.55. The van der Waals surface area contributed by atoms with E-state index < -0.39 is 23.1 Å². The molecule has 0 unspecified atom stereocenters. The lowest BCUT2D eigenvalue weighted by Gasteiger charge is -2.20. The molecule has 5 rings (SSSR count). The predicted molar refractivity (Wildman–Crippen MR) is 148 cm³/mol. The summed E-state index contributed by atoms with van der Waals surface area (Å²) in [6, 6.07) is 10.5. The van der Waals surface area contributed by atoms with Crippen LogP contribution < -0.4 is 26.2 Å². The Kier molecular flexibility index (Phi) is 6.89. The molecule has 13 heteroatoms. The number of thiazole rings is 1. The second kappa shape index (κ2) is 10.3. The maximum atomic E-state index is 14.9. The van der Waals surface area contributed by atoms with Crippen LogP contribution >= 0.6 is 22.9 Å². The Morgan fingerprint density at radius 1 is 1.10 bits per heavy atom. The van der Waals surface area contributed by atoms with E-state index in [1.165, 1.54) is 64.6 Å². The maximum Gasteiger partial charge on any atom is 0.271 e. The number of nitrogen functional groups attached to an aromatic ring is 1. The summed E-state index contributed by atoms with van der Waals surface area (Å²) in [7, 11) is 3.35. The zero-order chi connectivity index (χ0) is 27.8. The molecule has 0 spiro atoms. The van der Waals surface area contributed by atoms with Gasteiger partial charge in [-0.2, -0.15) is 0 Å². The minimum atomic E-state index is -0.800. The van der Waals surface area contributed by atoms with Crippen LogP contribution in [0.15, 0.2) is 65.0 Å². The van der Waals surface area contributed by atoms with E-state index in [2.05, 4.69) is 15.3 Å². The van der Waals surface area contributed by atoms with Gasteiger partial charge in [0.1, 0.15) is 32.6 Å². The van der Waals surface area contributed by atoms with E-state index in [1.807, 2.05) is 0 Å². The number of pyridine rings is 2. The molecular weight excluding hydrogens is 550 g/mol. The van der Waals surface area contributed by atoms with Crippen molar-refractivity contribution >= 4 is 56.4 Å². The highest BCUT2D eigenvalue weighted by atomic mass is 35.5. The molecule has 0 aliphatic carbocycles. The van der Waals surface area contributed by atoms with Crippen molar-refractivity contribution in [2.75, 3.05) is 30.0 Å². The lowest BCUT2D eigenvalue weighted by atomic mass is 10.1. The third-order valence-corrected chi connectivity index (χ3v) is 6.87. The van der Waals surface area contributed by atoms with E-state index in [-0.39, 0.29) is 39.3 Å². The van der Waals surface area contributed by atoms with Gasteiger partial charge in [-0.05, 0) is 36.4 Å². The van der Waals surface area contributed by atoms with Gasteiger partial charge in [0.15, 0.2) is 17.3 Å². The lowest BCUT2D eigenvalue weighted by Crippen LogP contribution is -2.32. The first-order valence-electron chi connectivity index (χ1n) is 11.3. The normalized spacial score (nSPS) is 11.0. The SMILES string of the molecule is CN(C)c1c(C(=O)Nc2ccc(Oc3ccnc(N)c3Cl)c(F)c2)c(=O)n(-c2ccc(F)cc2)c2scnc12. The fourth-order valence-corrected chi connectivity index (χ4v) is 4.91. The van der Waals surface area contributed by atoms with Crippen molar-refractivity contribution in [3.05, 3.63) is 92.8 Å². The molecule has 0 aliphatic rings. The van der Waals surface area contributed by atoms with Crippen molar-refractivity contribution in [1.29, 1.82) is 0 Å². The van der Waals surface area contributed by atoms with Crippen molar-refractivity contribution in [3.63, 3.8) is 0 Å². The number of rotatable bonds is 6. The van der Waals surface area contributed by atoms with Crippen LogP contribution in [-0.2, 0) is 0 Å². The quantitative estimate of drug-likeness (QED) is 0.279. The van der Waals surface area contributed by atoms with E-state index >= 15 is 0 Å². The molecule has 1 amide bonds. The zero-order valence-corrected chi connectivity index (χ0v) is 22.0. The average Bonchev–Trinajstić information content (AvgIpc) is 3.37. The summed E-state index contributed by atoms with van der Waals surface area (Å²) in [5, 5.41) is 2.60. The van der Waals surface area contributed by atoms with Crippen LogP contribution in [-0.4, -0.2) is 34.5 Å². The fraction of sp³-hybridized carbons (Fsp3) is 0.0769. The van der Waals surface area contributed by atoms with Gasteiger partial charge in [0.05, 0.1) is 16.9 Å². The summed E-state index contributed by atoms with van der Waals surface area (Å²) in [5.74, 6) is -2.10. The highest BCUT2D eigenvalue weighted by Gasteiger charge is 2.26. The third kappa shape index (κ3) is 4.87. The minimum Gasteiger partial charge on any atom is -0.453 e. The molecule has 3 aromatic heterocycles. The molecule has 0 bridgehead atoms. The first-order chi connectivity index (χ1) is 18.7. The van der Waals surface area contributed by atoms with Crippen LogP contribution in [0, 0.1) is 11.6 Å². The number of nitrogens with two attached hydrogens (primary N) is 1. The Labute approximate surface area is 229 Å². The summed E-state index contributed by atoms with van der Waals surface area (Å²) >= 11 is 7.27. The first kappa shape index (κ1) is 26.1. The molecule has 5 aromatic rings. The van der Waals surface area contributed by atoms with Crippen molar-refractivity contribution in [3.8, 4) is 17.2 Å². The van der Waals surface area contributed by atoms with Gasteiger partial charge in [-0.1, -0.05) is 11.6 Å². The lowest BCUT2D eigenvalue weighted by molar-refractivity contribution is 0.102. The number of nitrogens with zero attached hydrogens (tertiary/aromatic N) is 4. The topological polar surface area (TPSA) is 115 Å². The van der Waals surface area contributed by atoms with Crippen LogP contribution in [0.2, 0.25) is 5.02 Å². The number of ether oxygens (including phenoxy) is 1. The molecule has 3 N–H and O–H groups in total. The monoisotopic (exact) mass is 568 g/mol. The number of aromatic nitrogens is 3. The Balaban J connectivity index is 1.54. The van der Waals surface area contributed by atoms with Crippen LogP contribution in [0.4, 0.5) is 26.0 Å². The minimum absolute atomic E-state index is 0.0264. The van der Waals surface area contributed by atoms with Crippen LogP contribution in [0.25, 0.3) is 16.0 Å². The second-order valence-electron chi connectivity index (χ2n) is 8.45. The molecule has 0 saturated heterocycles. The Morgan fingerprint density at radius 3 is 2.54 bits per heavy atom. The number of halogens is 3. The molecule has 3 heterocycles. The number of hydrogen-bond acceptors (Lipinski definition) is 8. The van der Waals surface area contributed by atoms with Gasteiger partial charge in [0, 0.05) is 38.1 Å². The fourth-order valence-electron chi connectivity index (χ4n) is 3.94. The Bertz CT molecular complexity index is 1790. The smallest absolute Gasteiger partial charge is 0.271 e. The molecule has 39 heavy (non-hydrogen) atoms. The summed E-state index contributed by atoms with van der Waals surface area (Å²) in [6.45, 7) is 0. The van der Waals surface area contributed by atoms with E-state index in [4.69, 9.17) is 22.1 Å². The molecule has 9 nitrogen and oxygen atoms in total. The maximum absolute atomic E-state index is 14.9. The van der Waals surface area contributed by atoms with Crippen molar-refractivity contribution < 1.29 is 18.3 Å². The highest BCUT2D eigenvalue weighted by Crippen LogP contribution is 2.35. The summed E-state index contributed by atoms with van der Waals surface area (Å²) in [5.41, 5.74) is 7.47. The average molecular weight is 569 g/mol. The number of carbonyl (C=O) groups excluding carboxylic acids is 1. The van der Waals surface area contributed by atoms with Gasteiger partial charge in [0.25, 0.3) is 11.5 Å². The number of benzene rings is 2. The number of anilines is 3. The Morgan fingerprint density at radius 2 is 1.85 bits per heavy atom. The highest BCUT2D eigenvalue weighted by molar-refractivity contribution is 7.16. The summed E-state index contributed by atoms with van der Waals surface area (Å²) < 4.78 is 35.3. The van der Waals surface area contributed by atoms with Crippen LogP contribution in [0.1, 0.15) is 10.4 Å². The molecule has 198 valence electrons. The first-order valence-corrected chi connectivity index (χ1v) is 12.6. The summed E-state index contributed by atoms with van der Waals surface area (Å²) in [6.07, 6.45) is 1.36. The number of fused-ring (bicyclic) bond motifs is 1. The molecule has 0 atom stereocenters. The number of carbonyl (C=O) groups is 1. The van der Waals surface area contributed by atoms with Gasteiger partial charge in [-0.25, -0.2) is 18.7 Å². The number of amides is 1. The van der Waals surface area contributed by atoms with E-state index in [9.17, 15) is 18.4 Å². The van der Waals surface area contributed by atoms with Crippen molar-refractivity contribution in [2.45, 2.75) is 0 Å². The summed E-state index contributed by atoms with van der Waals surface area (Å²) in [4.78, 5) is 37.5. The second-order valence-corrected chi connectivity index (χ2v) is 9.66. The molecule has 2 aromatic carbocycles. The van der Waals surface area contributed by atoms with Crippen molar-refractivity contribution in [1.82, 2.24) is 14.5 Å². The largest absolute Gasteiger partial charge is 0.453 e. The van der Waals surface area contributed by atoms with E-state index in [0.717, 1.165) is 6.07 Å². The number of hydrogen-bond donors (Lipinski definition) is 2. The molecule has 0 aliphatic heterocycles. The van der Waals surface area contributed by atoms with Gasteiger partial charge in [-0.3, -0.25) is 14.2 Å². The molecule has 0 saturated carbocycles. The van der Waals surface area contributed by atoms with Gasteiger partial charge in [-0.15, -0.1) is 11.3 Å². The molecule has 0 fully saturated rings. The van der Waals surface area contributed by atoms with Gasteiger partial charge in [0.2, 0.25) is 0 Å². The molecular formula is C26H19ClF2N6O3S. The van der Waals surface area contributed by atoms with Gasteiger partial charge < -0.3 is 20.7 Å². The van der Waals surface area contributed by atoms with E-state index in [1.54, 1.807) is 24.5 Å². The molecule has 0 radical (unpaired) electrons. The van der Waals surface area contributed by atoms with Gasteiger partial charge >= 0.3 is 0 Å². The zero-order valence-electron chi connectivity index (χ0n) is 20.4. The predicted octanol–water partition coefficient (Wildman–Crippen LogP) is 5.47. The van der Waals surface area contributed by atoms with Crippen LogP contribution in [0.3, 0.4) is 0 Å². The van der Waals surface area contributed by atoms with Crippen LogP contribution in [0.5, 0.6) is 11.5 Å². The van der Waals surface area contributed by atoms with Crippen molar-refractivity contribution in [2.24, 2.45) is 0 Å². The number of nitrogens with one attached hydrogen (secondary N) is 1.